The maximum atomic E-state index is 9.36. The van der Waals surface area contributed by atoms with Crippen LogP contribution >= 0.6 is 22.9 Å². The van der Waals surface area contributed by atoms with Gasteiger partial charge in [0.05, 0.1) is 15.8 Å². The van der Waals surface area contributed by atoms with Gasteiger partial charge in [-0.1, -0.05) is 24.9 Å². The summed E-state index contributed by atoms with van der Waals surface area (Å²) in [6.07, 6.45) is 1.74. The van der Waals surface area contributed by atoms with Crippen molar-refractivity contribution in [1.82, 2.24) is 15.0 Å². The first-order chi connectivity index (χ1) is 13.0. The molecule has 3 aromatic rings. The van der Waals surface area contributed by atoms with Gasteiger partial charge in [0.1, 0.15) is 16.0 Å². The number of thiazole rings is 1. The van der Waals surface area contributed by atoms with Crippen molar-refractivity contribution in [2.24, 2.45) is 5.92 Å². The smallest absolute Gasteiger partial charge is 0.223 e. The lowest BCUT2D eigenvalue weighted by molar-refractivity contribution is 0.217. The van der Waals surface area contributed by atoms with E-state index in [1.165, 1.54) is 11.3 Å². The molecule has 0 aliphatic heterocycles. The molecule has 0 amide bonds. The fraction of sp³-hybridized carbons (Fsp3) is 0.389. The van der Waals surface area contributed by atoms with Gasteiger partial charge in [0.15, 0.2) is 0 Å². The number of halogens is 1. The van der Waals surface area contributed by atoms with Crippen LogP contribution in [0.3, 0.4) is 0 Å². The molecule has 0 aliphatic carbocycles. The molecule has 1 aromatic carbocycles. The lowest BCUT2D eigenvalue weighted by Gasteiger charge is -2.14. The number of nitrogens with two attached hydrogens (primary N) is 1. The molecule has 2 heterocycles. The number of anilines is 3. The van der Waals surface area contributed by atoms with Crippen LogP contribution < -0.4 is 16.4 Å². The van der Waals surface area contributed by atoms with Crippen LogP contribution in [0.25, 0.3) is 20.8 Å². The highest BCUT2D eigenvalue weighted by atomic mass is 35.5. The standard InChI is InChI=1S/C18H23ClN6OS/c1-3-10(9-26)6-7-22-16-14(15(19)24-18(20)25-16)17-23-12-5-4-11(21-2)8-13(12)27-17/h4-5,8,10,21,26H,3,6-7,9H2,1-2H3,(H3,20,22,24,25)/t10-/m0/s1. The molecule has 1 atom stereocenters. The molecule has 0 fully saturated rings. The molecule has 0 saturated carbocycles. The minimum Gasteiger partial charge on any atom is -0.396 e. The molecule has 2 aromatic heterocycles. The number of rotatable bonds is 8. The molecule has 0 saturated heterocycles. The lowest BCUT2D eigenvalue weighted by Crippen LogP contribution is -2.13. The van der Waals surface area contributed by atoms with Crippen molar-refractivity contribution >= 4 is 50.6 Å². The highest BCUT2D eigenvalue weighted by Crippen LogP contribution is 2.38. The second kappa shape index (κ2) is 8.69. The van der Waals surface area contributed by atoms with Crippen molar-refractivity contribution in [1.29, 1.82) is 0 Å². The topological polar surface area (TPSA) is 109 Å². The summed E-state index contributed by atoms with van der Waals surface area (Å²) in [6.45, 7) is 2.88. The van der Waals surface area contributed by atoms with Crippen LogP contribution in [0.5, 0.6) is 0 Å². The van der Waals surface area contributed by atoms with E-state index in [1.54, 1.807) is 0 Å². The quantitative estimate of drug-likeness (QED) is 0.420. The first-order valence-electron chi connectivity index (χ1n) is 8.82. The van der Waals surface area contributed by atoms with E-state index in [0.717, 1.165) is 33.8 Å². The van der Waals surface area contributed by atoms with Gasteiger partial charge >= 0.3 is 0 Å². The van der Waals surface area contributed by atoms with E-state index >= 15 is 0 Å². The van der Waals surface area contributed by atoms with Gasteiger partial charge in [-0.25, -0.2) is 9.97 Å². The Balaban J connectivity index is 1.94. The van der Waals surface area contributed by atoms with Crippen LogP contribution in [-0.2, 0) is 0 Å². The molecule has 9 heteroatoms. The van der Waals surface area contributed by atoms with Gasteiger partial charge in [-0.05, 0) is 30.5 Å². The van der Waals surface area contributed by atoms with Crippen molar-refractivity contribution in [3.8, 4) is 10.6 Å². The number of nitrogens with one attached hydrogen (secondary N) is 2. The maximum absolute atomic E-state index is 9.36. The van der Waals surface area contributed by atoms with Crippen LogP contribution in [0, 0.1) is 5.92 Å². The second-order valence-electron chi connectivity index (χ2n) is 6.22. The average molecular weight is 407 g/mol. The van der Waals surface area contributed by atoms with Gasteiger partial charge in [-0.2, -0.15) is 4.98 Å². The summed E-state index contributed by atoms with van der Waals surface area (Å²) in [4.78, 5) is 13.1. The van der Waals surface area contributed by atoms with Crippen LogP contribution in [-0.4, -0.2) is 40.3 Å². The molecule has 0 radical (unpaired) electrons. The Morgan fingerprint density at radius 1 is 1.30 bits per heavy atom. The molecule has 7 nitrogen and oxygen atoms in total. The fourth-order valence-corrected chi connectivity index (χ4v) is 4.15. The Kier molecular flexibility index (Phi) is 6.30. The van der Waals surface area contributed by atoms with Gasteiger partial charge < -0.3 is 21.5 Å². The van der Waals surface area contributed by atoms with E-state index in [-0.39, 0.29) is 23.6 Å². The van der Waals surface area contributed by atoms with E-state index in [1.807, 2.05) is 25.2 Å². The predicted octanol–water partition coefficient (Wildman–Crippen LogP) is 3.85. The Morgan fingerprint density at radius 3 is 2.81 bits per heavy atom. The number of hydrogen-bond donors (Lipinski definition) is 4. The highest BCUT2D eigenvalue weighted by molar-refractivity contribution is 7.21. The Bertz CT molecular complexity index is 928. The van der Waals surface area contributed by atoms with Gasteiger partial charge in [-0.15, -0.1) is 11.3 Å². The predicted molar refractivity (Wildman–Crippen MR) is 114 cm³/mol. The Labute approximate surface area is 167 Å². The van der Waals surface area contributed by atoms with E-state index in [9.17, 15) is 5.11 Å². The number of benzene rings is 1. The third-order valence-electron chi connectivity index (χ3n) is 4.45. The van der Waals surface area contributed by atoms with Crippen molar-refractivity contribution in [2.45, 2.75) is 19.8 Å². The highest BCUT2D eigenvalue weighted by Gasteiger charge is 2.18. The maximum Gasteiger partial charge on any atom is 0.223 e. The van der Waals surface area contributed by atoms with E-state index in [0.29, 0.717) is 17.9 Å². The molecular formula is C18H23ClN6OS. The summed E-state index contributed by atoms with van der Waals surface area (Å²) in [5.41, 5.74) is 8.35. The summed E-state index contributed by atoms with van der Waals surface area (Å²) in [5, 5.41) is 16.8. The van der Waals surface area contributed by atoms with Gasteiger partial charge in [0.25, 0.3) is 0 Å². The Hall–Kier alpha value is -2.16. The van der Waals surface area contributed by atoms with Crippen LogP contribution in [0.2, 0.25) is 5.15 Å². The number of aromatic nitrogens is 3. The fourth-order valence-electron chi connectivity index (χ4n) is 2.77. The lowest BCUT2D eigenvalue weighted by atomic mass is 10.0. The summed E-state index contributed by atoms with van der Waals surface area (Å²) >= 11 is 7.92. The van der Waals surface area contributed by atoms with Gasteiger partial charge in [0.2, 0.25) is 5.95 Å². The normalized spacial score (nSPS) is 12.3. The zero-order valence-corrected chi connectivity index (χ0v) is 16.9. The molecule has 144 valence electrons. The van der Waals surface area contributed by atoms with Crippen LogP contribution in [0.4, 0.5) is 17.5 Å². The van der Waals surface area contributed by atoms with Crippen LogP contribution in [0.15, 0.2) is 18.2 Å². The number of aliphatic hydroxyl groups excluding tert-OH is 1. The zero-order valence-electron chi connectivity index (χ0n) is 15.3. The summed E-state index contributed by atoms with van der Waals surface area (Å²) in [7, 11) is 1.88. The average Bonchev–Trinajstić information content (AvgIpc) is 3.07. The third-order valence-corrected chi connectivity index (χ3v) is 5.76. The van der Waals surface area contributed by atoms with Gasteiger partial charge in [-0.3, -0.25) is 0 Å². The van der Waals surface area contributed by atoms with E-state index in [2.05, 4.69) is 27.5 Å². The van der Waals surface area contributed by atoms with Gasteiger partial charge in [0, 0.05) is 25.9 Å². The largest absolute Gasteiger partial charge is 0.396 e. The molecule has 0 unspecified atom stereocenters. The summed E-state index contributed by atoms with van der Waals surface area (Å²) in [6, 6.07) is 5.99. The zero-order chi connectivity index (χ0) is 19.4. The molecule has 3 rings (SSSR count). The second-order valence-corrected chi connectivity index (χ2v) is 7.61. The number of hydrogen-bond acceptors (Lipinski definition) is 8. The van der Waals surface area contributed by atoms with E-state index in [4.69, 9.17) is 22.3 Å². The Morgan fingerprint density at radius 2 is 2.11 bits per heavy atom. The van der Waals surface area contributed by atoms with Crippen molar-refractivity contribution in [2.75, 3.05) is 36.6 Å². The number of aliphatic hydroxyl groups is 1. The molecule has 0 bridgehead atoms. The minimum atomic E-state index is 0.110. The van der Waals surface area contributed by atoms with Crippen LogP contribution in [0.1, 0.15) is 19.8 Å². The molecule has 27 heavy (non-hydrogen) atoms. The summed E-state index contributed by atoms with van der Waals surface area (Å²) < 4.78 is 1.04. The number of nitrogens with zero attached hydrogens (tertiary/aromatic N) is 3. The molecular weight excluding hydrogens is 384 g/mol. The SMILES string of the molecule is CC[C@H](CO)CCNc1nc(N)nc(Cl)c1-c1nc2ccc(NC)cc2s1. The number of nitrogen functional groups attached to an aromatic ring is 1. The monoisotopic (exact) mass is 406 g/mol. The third kappa shape index (κ3) is 4.40. The van der Waals surface area contributed by atoms with Crippen molar-refractivity contribution in [3.05, 3.63) is 23.4 Å². The first-order valence-corrected chi connectivity index (χ1v) is 10.0. The summed E-state index contributed by atoms with van der Waals surface area (Å²) in [5.74, 6) is 0.922. The minimum absolute atomic E-state index is 0.110. The molecule has 0 aliphatic rings. The molecule has 5 N–H and O–H groups in total. The number of fused-ring (bicyclic) bond motifs is 1. The van der Waals surface area contributed by atoms with Crippen molar-refractivity contribution < 1.29 is 5.11 Å². The van der Waals surface area contributed by atoms with Crippen molar-refractivity contribution in [3.63, 3.8) is 0 Å². The van der Waals surface area contributed by atoms with E-state index < -0.39 is 0 Å². The molecule has 0 spiro atoms. The first kappa shape index (κ1) is 19.6.